The van der Waals surface area contributed by atoms with E-state index < -0.39 is 16.1 Å². The molecule has 0 N–H and O–H groups in total. The number of carbonyl (C=O) groups excluding carboxylic acids is 1. The Hall–Kier alpha value is -0.676. The van der Waals surface area contributed by atoms with Crippen LogP contribution in [-0.4, -0.2) is 22.4 Å². The summed E-state index contributed by atoms with van der Waals surface area (Å²) in [7, 11) is -2.48. The number of rotatable bonds is 1. The van der Waals surface area contributed by atoms with Gasteiger partial charge < -0.3 is 0 Å². The summed E-state index contributed by atoms with van der Waals surface area (Å²) in [6.45, 7) is 11.9. The lowest BCUT2D eigenvalue weighted by atomic mass is 10.1. The minimum atomic E-state index is -1.26. The predicted octanol–water partition coefficient (Wildman–Crippen LogP) is 2.19. The highest BCUT2D eigenvalue weighted by Gasteiger charge is 2.44. The number of benzene rings is 1. The second kappa shape index (κ2) is 3.41. The Morgan fingerprint density at radius 1 is 1.06 bits per heavy atom. The summed E-state index contributed by atoms with van der Waals surface area (Å²) in [5.41, 5.74) is 3.48. The van der Waals surface area contributed by atoms with E-state index in [1.807, 2.05) is 0 Å². The van der Waals surface area contributed by atoms with Crippen molar-refractivity contribution < 1.29 is 4.79 Å². The molecule has 86 valence electrons. The average Bonchev–Trinajstić information content (AvgIpc) is 2.31. The van der Waals surface area contributed by atoms with E-state index in [0.717, 1.165) is 17.4 Å². The van der Waals surface area contributed by atoms with Gasteiger partial charge in [0.1, 0.15) is 6.29 Å². The first-order chi connectivity index (χ1) is 7.28. The fourth-order valence-electron chi connectivity index (χ4n) is 3.27. The van der Waals surface area contributed by atoms with Gasteiger partial charge in [-0.05, 0) is 12.5 Å². The fraction of sp³-hybridized carbons (Fsp3) is 0.462. The molecular formula is C13H20OSi2. The second-order valence-electron chi connectivity index (χ2n) is 6.32. The van der Waals surface area contributed by atoms with Crippen molar-refractivity contribution in [2.24, 2.45) is 0 Å². The van der Waals surface area contributed by atoms with Crippen LogP contribution in [0.4, 0.5) is 0 Å². The van der Waals surface area contributed by atoms with Gasteiger partial charge in [0, 0.05) is 5.56 Å². The number of carbonyl (C=O) groups is 1. The Morgan fingerprint density at radius 3 is 2.06 bits per heavy atom. The minimum absolute atomic E-state index is 0.894. The molecule has 3 heteroatoms. The van der Waals surface area contributed by atoms with Gasteiger partial charge in [-0.25, -0.2) is 0 Å². The molecule has 0 unspecified atom stereocenters. The van der Waals surface area contributed by atoms with E-state index in [-0.39, 0.29) is 0 Å². The van der Waals surface area contributed by atoms with E-state index in [0.29, 0.717) is 0 Å². The molecule has 0 aliphatic carbocycles. The Bertz CT molecular complexity index is 461. The molecule has 2 rings (SSSR count). The van der Waals surface area contributed by atoms with E-state index in [4.69, 9.17) is 0 Å². The SMILES string of the molecule is Cc1cc2c(cc1C=O)[Si](C)(C)C[Si]2(C)C. The molecule has 16 heavy (non-hydrogen) atoms. The van der Waals surface area contributed by atoms with Gasteiger partial charge in [-0.15, -0.1) is 0 Å². The van der Waals surface area contributed by atoms with Gasteiger partial charge in [0.2, 0.25) is 0 Å². The summed E-state index contributed by atoms with van der Waals surface area (Å²) in [6, 6.07) is 4.48. The Balaban J connectivity index is 2.72. The first kappa shape index (κ1) is 11.8. The highest BCUT2D eigenvalue weighted by atomic mass is 28.4. The Labute approximate surface area is 99.9 Å². The normalized spacial score (nSPS) is 20.6. The number of hydrogen-bond donors (Lipinski definition) is 0. The largest absolute Gasteiger partial charge is 0.298 e. The number of aryl methyl sites for hydroxylation is 1. The molecule has 0 bridgehead atoms. The molecule has 1 aromatic carbocycles. The molecule has 0 spiro atoms. The van der Waals surface area contributed by atoms with Crippen molar-refractivity contribution in [1.82, 2.24) is 0 Å². The van der Waals surface area contributed by atoms with Gasteiger partial charge in [0.25, 0.3) is 0 Å². The van der Waals surface area contributed by atoms with Crippen LogP contribution in [-0.2, 0) is 0 Å². The summed E-state index contributed by atoms with van der Waals surface area (Å²) in [6.07, 6.45) is 1.01. The van der Waals surface area contributed by atoms with Gasteiger partial charge in [-0.2, -0.15) is 0 Å². The Morgan fingerprint density at radius 2 is 1.56 bits per heavy atom. The molecule has 0 atom stereocenters. The van der Waals surface area contributed by atoms with Crippen molar-refractivity contribution in [3.63, 3.8) is 0 Å². The lowest BCUT2D eigenvalue weighted by molar-refractivity contribution is 0.112. The first-order valence-electron chi connectivity index (χ1n) is 5.89. The van der Waals surface area contributed by atoms with E-state index in [1.165, 1.54) is 5.67 Å². The van der Waals surface area contributed by atoms with Crippen molar-refractivity contribution in [2.75, 3.05) is 0 Å². The van der Waals surface area contributed by atoms with Crippen LogP contribution in [0, 0.1) is 6.92 Å². The molecule has 0 saturated heterocycles. The van der Waals surface area contributed by atoms with Gasteiger partial charge in [0.05, 0.1) is 16.1 Å². The maximum Gasteiger partial charge on any atom is 0.150 e. The molecule has 1 nitrogen and oxygen atoms in total. The molecule has 1 aliphatic rings. The second-order valence-corrected chi connectivity index (χ2v) is 16.3. The van der Waals surface area contributed by atoms with Crippen molar-refractivity contribution in [3.8, 4) is 0 Å². The van der Waals surface area contributed by atoms with Crippen LogP contribution in [0.15, 0.2) is 12.1 Å². The van der Waals surface area contributed by atoms with Crippen LogP contribution in [0.2, 0.25) is 31.9 Å². The molecule has 0 saturated carbocycles. The zero-order valence-corrected chi connectivity index (χ0v) is 12.8. The zero-order valence-electron chi connectivity index (χ0n) is 10.8. The van der Waals surface area contributed by atoms with Gasteiger partial charge in [-0.1, -0.05) is 54.4 Å². The molecular weight excluding hydrogens is 228 g/mol. The topological polar surface area (TPSA) is 17.1 Å². The summed E-state index contributed by atoms with van der Waals surface area (Å²) in [4.78, 5) is 11.0. The number of aldehydes is 1. The maximum atomic E-state index is 11.0. The summed E-state index contributed by atoms with van der Waals surface area (Å²) in [5.74, 6) is 0. The monoisotopic (exact) mass is 248 g/mol. The third kappa shape index (κ3) is 1.62. The molecule has 0 radical (unpaired) electrons. The summed E-state index contributed by atoms with van der Waals surface area (Å²) in [5, 5.41) is 3.17. The van der Waals surface area contributed by atoms with E-state index in [9.17, 15) is 4.79 Å². The van der Waals surface area contributed by atoms with Crippen molar-refractivity contribution in [1.29, 1.82) is 0 Å². The fourth-order valence-corrected chi connectivity index (χ4v) is 18.4. The van der Waals surface area contributed by atoms with Gasteiger partial charge in [-0.3, -0.25) is 4.79 Å². The van der Waals surface area contributed by atoms with Gasteiger partial charge in [0.15, 0.2) is 0 Å². The lowest BCUT2D eigenvalue weighted by Crippen LogP contribution is -2.44. The van der Waals surface area contributed by atoms with Crippen molar-refractivity contribution >= 4 is 32.8 Å². The number of fused-ring (bicyclic) bond motifs is 1. The van der Waals surface area contributed by atoms with Crippen LogP contribution in [0.3, 0.4) is 0 Å². The van der Waals surface area contributed by atoms with Crippen LogP contribution in [0.1, 0.15) is 15.9 Å². The van der Waals surface area contributed by atoms with Crippen LogP contribution in [0.25, 0.3) is 0 Å². The quantitative estimate of drug-likeness (QED) is 0.550. The third-order valence-corrected chi connectivity index (χ3v) is 14.9. The lowest BCUT2D eigenvalue weighted by Gasteiger charge is -2.19. The standard InChI is InChI=1S/C13H20OSi2/c1-10-6-12-13(7-11(10)8-14)16(4,5)9-15(12,2)3/h6-8H,9H2,1-5H3. The van der Waals surface area contributed by atoms with Gasteiger partial charge >= 0.3 is 0 Å². The smallest absolute Gasteiger partial charge is 0.150 e. The maximum absolute atomic E-state index is 11.0. The Kier molecular flexibility index (Phi) is 2.51. The van der Waals surface area contributed by atoms with Crippen LogP contribution >= 0.6 is 0 Å². The highest BCUT2D eigenvalue weighted by Crippen LogP contribution is 2.26. The molecule has 0 amide bonds. The zero-order chi connectivity index (χ0) is 12.1. The average molecular weight is 248 g/mol. The minimum Gasteiger partial charge on any atom is -0.298 e. The molecule has 0 fully saturated rings. The molecule has 1 aromatic rings. The van der Waals surface area contributed by atoms with Crippen molar-refractivity contribution in [3.05, 3.63) is 23.3 Å². The van der Waals surface area contributed by atoms with Crippen LogP contribution in [0.5, 0.6) is 0 Å². The van der Waals surface area contributed by atoms with E-state index in [1.54, 1.807) is 10.4 Å². The molecule has 0 aromatic heterocycles. The summed E-state index contributed by atoms with van der Waals surface area (Å²) < 4.78 is 0. The van der Waals surface area contributed by atoms with E-state index >= 15 is 0 Å². The van der Waals surface area contributed by atoms with Crippen molar-refractivity contribution in [2.45, 2.75) is 38.8 Å². The first-order valence-corrected chi connectivity index (χ1v) is 12.3. The third-order valence-electron chi connectivity index (χ3n) is 3.88. The molecule has 1 aliphatic heterocycles. The highest BCUT2D eigenvalue weighted by molar-refractivity contribution is 7.14. The predicted molar refractivity (Wildman–Crippen MR) is 75.6 cm³/mol. The summed E-state index contributed by atoms with van der Waals surface area (Å²) >= 11 is 0. The number of hydrogen-bond acceptors (Lipinski definition) is 1. The van der Waals surface area contributed by atoms with Crippen LogP contribution < -0.4 is 10.4 Å². The van der Waals surface area contributed by atoms with E-state index in [2.05, 4.69) is 45.2 Å². The molecule has 1 heterocycles.